The Hall–Kier alpha value is -0.610. The third kappa shape index (κ3) is 5.11. The average Bonchev–Trinajstić information content (AvgIpc) is 3.19. The fourth-order valence-electron chi connectivity index (χ4n) is 2.49. The number of hydrogen-bond donors (Lipinski definition) is 1. The van der Waals surface area contributed by atoms with Gasteiger partial charge in [0.05, 0.1) is 7.11 Å². The van der Waals surface area contributed by atoms with Crippen molar-refractivity contribution in [3.63, 3.8) is 0 Å². The molecule has 4 heteroatoms. The lowest BCUT2D eigenvalue weighted by atomic mass is 9.92. The molecule has 0 bridgehead atoms. The Morgan fingerprint density at radius 2 is 2.16 bits per heavy atom. The fraction of sp³-hybridized carbons (Fsp3) is 0.933. The first-order chi connectivity index (χ1) is 8.92. The van der Waals surface area contributed by atoms with Gasteiger partial charge in [0.25, 0.3) is 0 Å². The highest BCUT2D eigenvalue weighted by atomic mass is 16.5. The molecule has 0 radical (unpaired) electrons. The van der Waals surface area contributed by atoms with Gasteiger partial charge in [-0.15, -0.1) is 0 Å². The van der Waals surface area contributed by atoms with Crippen LogP contribution in [0.1, 0.15) is 46.5 Å². The maximum atomic E-state index is 12.0. The fourth-order valence-corrected chi connectivity index (χ4v) is 2.49. The van der Waals surface area contributed by atoms with Crippen LogP contribution in [0.3, 0.4) is 0 Å². The predicted octanol–water partition coefficient (Wildman–Crippen LogP) is 2.04. The van der Waals surface area contributed by atoms with Gasteiger partial charge in [0, 0.05) is 12.6 Å². The molecule has 19 heavy (non-hydrogen) atoms. The Balaban J connectivity index is 2.55. The van der Waals surface area contributed by atoms with Crippen molar-refractivity contribution in [3.05, 3.63) is 0 Å². The lowest BCUT2D eigenvalue weighted by Crippen LogP contribution is -2.54. The van der Waals surface area contributed by atoms with Crippen LogP contribution in [0.15, 0.2) is 0 Å². The zero-order chi connectivity index (χ0) is 14.5. The Labute approximate surface area is 117 Å². The van der Waals surface area contributed by atoms with E-state index in [0.29, 0.717) is 6.04 Å². The molecule has 1 N–H and O–H groups in total. The van der Waals surface area contributed by atoms with Gasteiger partial charge in [-0.3, -0.25) is 4.79 Å². The SMILES string of the molecule is CCCNC(C)(CC(C)N(C)CC1CC1)C(=O)OC. The highest BCUT2D eigenvalue weighted by Gasteiger charge is 2.36. The van der Waals surface area contributed by atoms with Crippen LogP contribution < -0.4 is 5.32 Å². The van der Waals surface area contributed by atoms with Gasteiger partial charge in [0.15, 0.2) is 0 Å². The van der Waals surface area contributed by atoms with Crippen molar-refractivity contribution >= 4 is 5.97 Å². The Kier molecular flexibility index (Phi) is 6.27. The van der Waals surface area contributed by atoms with Crippen LogP contribution in [0.5, 0.6) is 0 Å². The standard InChI is InChI=1S/C15H30N2O2/c1-6-9-16-15(3,14(18)19-5)10-12(2)17(4)11-13-7-8-13/h12-13,16H,6-11H2,1-5H3. The monoisotopic (exact) mass is 270 g/mol. The van der Waals surface area contributed by atoms with Crippen molar-refractivity contribution in [2.75, 3.05) is 27.2 Å². The molecular weight excluding hydrogens is 240 g/mol. The van der Waals surface area contributed by atoms with Gasteiger partial charge in [-0.05, 0) is 59.0 Å². The minimum Gasteiger partial charge on any atom is -0.468 e. The summed E-state index contributed by atoms with van der Waals surface area (Å²) in [6.07, 6.45) is 4.51. The van der Waals surface area contributed by atoms with Gasteiger partial charge in [0.1, 0.15) is 5.54 Å². The van der Waals surface area contributed by atoms with Gasteiger partial charge < -0.3 is 15.0 Å². The van der Waals surface area contributed by atoms with E-state index >= 15 is 0 Å². The second-order valence-corrected chi connectivity index (χ2v) is 6.19. The van der Waals surface area contributed by atoms with Crippen molar-refractivity contribution in [2.24, 2.45) is 5.92 Å². The van der Waals surface area contributed by atoms with Crippen molar-refractivity contribution in [1.82, 2.24) is 10.2 Å². The van der Waals surface area contributed by atoms with E-state index in [1.807, 2.05) is 6.92 Å². The Morgan fingerprint density at radius 1 is 1.53 bits per heavy atom. The largest absolute Gasteiger partial charge is 0.468 e. The summed E-state index contributed by atoms with van der Waals surface area (Å²) in [5.41, 5.74) is -0.581. The van der Waals surface area contributed by atoms with Crippen molar-refractivity contribution in [2.45, 2.75) is 58.0 Å². The van der Waals surface area contributed by atoms with Crippen molar-refractivity contribution < 1.29 is 9.53 Å². The molecule has 112 valence electrons. The summed E-state index contributed by atoms with van der Waals surface area (Å²) in [4.78, 5) is 14.4. The number of methoxy groups -OCH3 is 1. The summed E-state index contributed by atoms with van der Waals surface area (Å²) in [7, 11) is 3.62. The highest BCUT2D eigenvalue weighted by molar-refractivity contribution is 5.80. The van der Waals surface area contributed by atoms with Crippen LogP contribution in [0.2, 0.25) is 0 Å². The van der Waals surface area contributed by atoms with Gasteiger partial charge in [-0.1, -0.05) is 6.92 Å². The summed E-state index contributed by atoms with van der Waals surface area (Å²) in [6, 6.07) is 0.369. The molecule has 2 unspecified atom stereocenters. The smallest absolute Gasteiger partial charge is 0.325 e. The number of hydrogen-bond acceptors (Lipinski definition) is 4. The van der Waals surface area contributed by atoms with Gasteiger partial charge in [-0.25, -0.2) is 0 Å². The highest BCUT2D eigenvalue weighted by Crippen LogP contribution is 2.30. The van der Waals surface area contributed by atoms with Crippen molar-refractivity contribution in [1.29, 1.82) is 0 Å². The summed E-state index contributed by atoms with van der Waals surface area (Å²) in [5.74, 6) is 0.716. The molecular formula is C15H30N2O2. The Bertz CT molecular complexity index is 292. The number of nitrogens with one attached hydrogen (secondary N) is 1. The molecule has 0 saturated heterocycles. The third-order valence-electron chi connectivity index (χ3n) is 4.10. The summed E-state index contributed by atoms with van der Waals surface area (Å²) in [6.45, 7) is 8.23. The minimum absolute atomic E-state index is 0.160. The first-order valence-corrected chi connectivity index (χ1v) is 7.46. The summed E-state index contributed by atoms with van der Waals surface area (Å²) >= 11 is 0. The lowest BCUT2D eigenvalue weighted by molar-refractivity contribution is -0.148. The average molecular weight is 270 g/mol. The predicted molar refractivity (Wildman–Crippen MR) is 78.1 cm³/mol. The maximum absolute atomic E-state index is 12.0. The number of rotatable bonds is 9. The molecule has 1 rings (SSSR count). The Morgan fingerprint density at radius 3 is 2.63 bits per heavy atom. The first kappa shape index (κ1) is 16.4. The molecule has 1 saturated carbocycles. The minimum atomic E-state index is -0.581. The number of carbonyl (C=O) groups excluding carboxylic acids is 1. The van der Waals surface area contributed by atoms with E-state index in [2.05, 4.69) is 31.1 Å². The topological polar surface area (TPSA) is 41.6 Å². The molecule has 0 aromatic heterocycles. The molecule has 0 heterocycles. The van der Waals surface area contributed by atoms with Gasteiger partial charge in [0.2, 0.25) is 0 Å². The van der Waals surface area contributed by atoms with Crippen LogP contribution in [0.4, 0.5) is 0 Å². The van der Waals surface area contributed by atoms with E-state index in [9.17, 15) is 4.79 Å². The molecule has 0 aliphatic heterocycles. The molecule has 0 aromatic rings. The molecule has 0 spiro atoms. The van der Waals surface area contributed by atoms with Gasteiger partial charge >= 0.3 is 5.97 Å². The second kappa shape index (κ2) is 7.25. The quantitative estimate of drug-likeness (QED) is 0.651. The van der Waals surface area contributed by atoms with Crippen LogP contribution in [0, 0.1) is 5.92 Å². The molecule has 0 aromatic carbocycles. The number of ether oxygens (including phenoxy) is 1. The normalized spacial score (nSPS) is 20.1. The van der Waals surface area contributed by atoms with Crippen molar-refractivity contribution in [3.8, 4) is 0 Å². The molecule has 4 nitrogen and oxygen atoms in total. The van der Waals surface area contributed by atoms with Gasteiger partial charge in [-0.2, -0.15) is 0 Å². The first-order valence-electron chi connectivity index (χ1n) is 7.46. The number of esters is 1. The summed E-state index contributed by atoms with van der Waals surface area (Å²) < 4.78 is 4.97. The second-order valence-electron chi connectivity index (χ2n) is 6.19. The molecule has 0 amide bonds. The zero-order valence-corrected chi connectivity index (χ0v) is 13.2. The lowest BCUT2D eigenvalue weighted by Gasteiger charge is -2.34. The maximum Gasteiger partial charge on any atom is 0.325 e. The molecule has 2 atom stereocenters. The number of carbonyl (C=O) groups is 1. The van der Waals surface area contributed by atoms with E-state index in [1.54, 1.807) is 0 Å². The zero-order valence-electron chi connectivity index (χ0n) is 13.2. The van der Waals surface area contributed by atoms with E-state index in [1.165, 1.54) is 20.0 Å². The molecule has 1 aliphatic carbocycles. The van der Waals surface area contributed by atoms with Crippen LogP contribution in [0.25, 0.3) is 0 Å². The number of nitrogens with zero attached hydrogens (tertiary/aromatic N) is 1. The van der Waals surface area contributed by atoms with Crippen LogP contribution in [-0.4, -0.2) is 49.7 Å². The molecule has 1 aliphatic rings. The summed E-state index contributed by atoms with van der Waals surface area (Å²) in [5, 5.41) is 3.35. The third-order valence-corrected chi connectivity index (χ3v) is 4.10. The van der Waals surface area contributed by atoms with Crippen LogP contribution in [-0.2, 0) is 9.53 Å². The van der Waals surface area contributed by atoms with E-state index < -0.39 is 5.54 Å². The van der Waals surface area contributed by atoms with E-state index in [4.69, 9.17) is 4.74 Å². The molecule has 1 fully saturated rings. The van der Waals surface area contributed by atoms with E-state index in [-0.39, 0.29) is 5.97 Å². The van der Waals surface area contributed by atoms with Crippen LogP contribution >= 0.6 is 0 Å². The van der Waals surface area contributed by atoms with E-state index in [0.717, 1.165) is 31.8 Å².